The Morgan fingerprint density at radius 1 is 1.07 bits per heavy atom. The van der Waals surface area contributed by atoms with E-state index in [0.717, 1.165) is 21.4 Å². The molecule has 1 aromatic heterocycles. The first kappa shape index (κ1) is 19.4. The summed E-state index contributed by atoms with van der Waals surface area (Å²) < 4.78 is 12.1. The lowest BCUT2D eigenvalue weighted by molar-refractivity contribution is 0.0511. The largest absolute Gasteiger partial charge is 0.486 e. The SMILES string of the molecule is CCOC(=O)c1nn(-c2ccccc2)c(=O)cc1OCc1cc(C)ccc1C. The van der Waals surface area contributed by atoms with Crippen molar-refractivity contribution in [3.8, 4) is 11.4 Å². The highest BCUT2D eigenvalue weighted by Gasteiger charge is 2.20. The minimum absolute atomic E-state index is 0.0318. The third-order valence-electron chi connectivity index (χ3n) is 4.25. The van der Waals surface area contributed by atoms with E-state index in [1.165, 1.54) is 6.07 Å². The number of carbonyl (C=O) groups excluding carboxylic acids is 1. The standard InChI is InChI=1S/C22H22N2O4/c1-4-27-22(26)21-19(28-14-17-12-15(2)10-11-16(17)3)13-20(25)24(23-21)18-8-6-5-7-9-18/h5-13H,4,14H2,1-3H3. The van der Waals surface area contributed by atoms with Gasteiger partial charge >= 0.3 is 5.97 Å². The van der Waals surface area contributed by atoms with Crippen LogP contribution in [0.1, 0.15) is 34.1 Å². The Hall–Kier alpha value is -3.41. The number of aromatic nitrogens is 2. The third kappa shape index (κ3) is 4.28. The van der Waals surface area contributed by atoms with E-state index in [9.17, 15) is 9.59 Å². The van der Waals surface area contributed by atoms with Crippen LogP contribution < -0.4 is 10.3 Å². The smallest absolute Gasteiger partial charge is 0.362 e. The van der Waals surface area contributed by atoms with Crippen molar-refractivity contribution in [2.75, 3.05) is 6.61 Å². The van der Waals surface area contributed by atoms with E-state index >= 15 is 0 Å². The van der Waals surface area contributed by atoms with Gasteiger partial charge in [0, 0.05) is 0 Å². The number of hydrogen-bond acceptors (Lipinski definition) is 5. The maximum absolute atomic E-state index is 12.6. The molecule has 0 aliphatic heterocycles. The van der Waals surface area contributed by atoms with Crippen molar-refractivity contribution in [2.45, 2.75) is 27.4 Å². The zero-order valence-corrected chi connectivity index (χ0v) is 16.1. The lowest BCUT2D eigenvalue weighted by Crippen LogP contribution is -2.25. The third-order valence-corrected chi connectivity index (χ3v) is 4.25. The van der Waals surface area contributed by atoms with Crippen molar-refractivity contribution >= 4 is 5.97 Å². The molecule has 28 heavy (non-hydrogen) atoms. The van der Waals surface area contributed by atoms with Gasteiger partial charge in [0.25, 0.3) is 5.56 Å². The van der Waals surface area contributed by atoms with E-state index in [1.54, 1.807) is 31.2 Å². The highest BCUT2D eigenvalue weighted by atomic mass is 16.5. The normalized spacial score (nSPS) is 10.5. The van der Waals surface area contributed by atoms with Gasteiger partial charge < -0.3 is 9.47 Å². The minimum Gasteiger partial charge on any atom is -0.486 e. The Bertz CT molecular complexity index is 1040. The molecule has 0 saturated heterocycles. The summed E-state index contributed by atoms with van der Waals surface area (Å²) in [5.41, 5.74) is 3.27. The average Bonchev–Trinajstić information content (AvgIpc) is 2.69. The zero-order valence-electron chi connectivity index (χ0n) is 16.1. The number of rotatable bonds is 6. The Kier molecular flexibility index (Phi) is 5.89. The summed E-state index contributed by atoms with van der Waals surface area (Å²) in [4.78, 5) is 25.0. The minimum atomic E-state index is -0.636. The average molecular weight is 378 g/mol. The van der Waals surface area contributed by atoms with Crippen molar-refractivity contribution in [1.29, 1.82) is 0 Å². The monoisotopic (exact) mass is 378 g/mol. The van der Waals surface area contributed by atoms with E-state index in [4.69, 9.17) is 9.47 Å². The number of carbonyl (C=O) groups is 1. The molecule has 0 aliphatic rings. The quantitative estimate of drug-likeness (QED) is 0.613. The van der Waals surface area contributed by atoms with Crippen LogP contribution in [0.4, 0.5) is 0 Å². The van der Waals surface area contributed by atoms with Gasteiger partial charge in [-0.15, -0.1) is 0 Å². The summed E-state index contributed by atoms with van der Waals surface area (Å²) >= 11 is 0. The number of aryl methyl sites for hydroxylation is 2. The van der Waals surface area contributed by atoms with Crippen LogP contribution >= 0.6 is 0 Å². The fourth-order valence-electron chi connectivity index (χ4n) is 2.76. The van der Waals surface area contributed by atoms with Gasteiger partial charge in [0.1, 0.15) is 6.61 Å². The molecule has 6 nitrogen and oxygen atoms in total. The molecule has 3 aromatic rings. The molecule has 0 N–H and O–H groups in total. The first-order valence-electron chi connectivity index (χ1n) is 9.05. The first-order valence-corrected chi connectivity index (χ1v) is 9.05. The molecule has 0 aliphatic carbocycles. The molecule has 1 heterocycles. The van der Waals surface area contributed by atoms with Gasteiger partial charge in [-0.05, 0) is 44.0 Å². The number of para-hydroxylation sites is 1. The Labute approximate surface area is 163 Å². The fourth-order valence-corrected chi connectivity index (χ4v) is 2.76. The fraction of sp³-hybridized carbons (Fsp3) is 0.227. The van der Waals surface area contributed by atoms with Crippen LogP contribution in [0.3, 0.4) is 0 Å². The summed E-state index contributed by atoms with van der Waals surface area (Å²) in [6.45, 7) is 6.10. The Balaban J connectivity index is 1.99. The highest BCUT2D eigenvalue weighted by Crippen LogP contribution is 2.19. The van der Waals surface area contributed by atoms with Crippen molar-refractivity contribution in [1.82, 2.24) is 9.78 Å². The summed E-state index contributed by atoms with van der Waals surface area (Å²) in [6, 6.07) is 16.2. The molecule has 0 radical (unpaired) electrons. The summed E-state index contributed by atoms with van der Waals surface area (Å²) in [5, 5.41) is 4.22. The van der Waals surface area contributed by atoms with Gasteiger partial charge in [-0.25, -0.2) is 4.79 Å². The van der Waals surface area contributed by atoms with Crippen molar-refractivity contribution in [2.24, 2.45) is 0 Å². The second-order valence-electron chi connectivity index (χ2n) is 6.38. The first-order chi connectivity index (χ1) is 13.5. The van der Waals surface area contributed by atoms with Crippen LogP contribution in [0.5, 0.6) is 5.75 Å². The molecular formula is C22H22N2O4. The maximum atomic E-state index is 12.6. The molecule has 0 spiro atoms. The second-order valence-corrected chi connectivity index (χ2v) is 6.38. The van der Waals surface area contributed by atoms with Gasteiger partial charge in [-0.2, -0.15) is 9.78 Å². The molecule has 0 amide bonds. The van der Waals surface area contributed by atoms with E-state index in [1.807, 2.05) is 38.1 Å². The van der Waals surface area contributed by atoms with Crippen LogP contribution in [0.15, 0.2) is 59.4 Å². The van der Waals surface area contributed by atoms with E-state index in [2.05, 4.69) is 5.10 Å². The van der Waals surface area contributed by atoms with E-state index < -0.39 is 11.5 Å². The van der Waals surface area contributed by atoms with Crippen molar-refractivity contribution < 1.29 is 14.3 Å². The maximum Gasteiger partial charge on any atom is 0.362 e. The summed E-state index contributed by atoms with van der Waals surface area (Å²) in [6.07, 6.45) is 0. The number of esters is 1. The van der Waals surface area contributed by atoms with Gasteiger partial charge in [-0.1, -0.05) is 42.0 Å². The number of hydrogen-bond donors (Lipinski definition) is 0. The molecular weight excluding hydrogens is 356 g/mol. The molecule has 0 saturated carbocycles. The van der Waals surface area contributed by atoms with Gasteiger partial charge in [0.15, 0.2) is 5.75 Å². The highest BCUT2D eigenvalue weighted by molar-refractivity contribution is 5.90. The van der Waals surface area contributed by atoms with Crippen LogP contribution in [0.25, 0.3) is 5.69 Å². The van der Waals surface area contributed by atoms with E-state index in [0.29, 0.717) is 5.69 Å². The number of ether oxygens (including phenoxy) is 2. The lowest BCUT2D eigenvalue weighted by atomic mass is 10.1. The molecule has 144 valence electrons. The van der Waals surface area contributed by atoms with Gasteiger partial charge in [0.05, 0.1) is 18.4 Å². The van der Waals surface area contributed by atoms with Crippen LogP contribution in [0.2, 0.25) is 0 Å². The van der Waals surface area contributed by atoms with E-state index in [-0.39, 0.29) is 24.7 Å². The predicted octanol–water partition coefficient (Wildman–Crippen LogP) is 3.61. The van der Waals surface area contributed by atoms with Crippen LogP contribution in [0, 0.1) is 13.8 Å². The molecule has 2 aromatic carbocycles. The van der Waals surface area contributed by atoms with Gasteiger partial charge in [-0.3, -0.25) is 4.79 Å². The van der Waals surface area contributed by atoms with Crippen LogP contribution in [-0.4, -0.2) is 22.4 Å². The van der Waals surface area contributed by atoms with Crippen molar-refractivity contribution in [3.63, 3.8) is 0 Å². The Morgan fingerprint density at radius 3 is 2.54 bits per heavy atom. The van der Waals surface area contributed by atoms with Crippen LogP contribution in [-0.2, 0) is 11.3 Å². The molecule has 3 rings (SSSR count). The molecule has 0 unspecified atom stereocenters. The molecule has 0 atom stereocenters. The second kappa shape index (κ2) is 8.52. The number of benzene rings is 2. The summed E-state index contributed by atoms with van der Waals surface area (Å²) in [5.74, 6) is -0.528. The predicted molar refractivity (Wildman–Crippen MR) is 106 cm³/mol. The van der Waals surface area contributed by atoms with Crippen molar-refractivity contribution in [3.05, 3.63) is 87.3 Å². The lowest BCUT2D eigenvalue weighted by Gasteiger charge is -2.13. The zero-order chi connectivity index (χ0) is 20.1. The number of nitrogens with zero attached hydrogens (tertiary/aromatic N) is 2. The Morgan fingerprint density at radius 2 is 1.82 bits per heavy atom. The topological polar surface area (TPSA) is 70.4 Å². The molecule has 0 bridgehead atoms. The molecule has 0 fully saturated rings. The summed E-state index contributed by atoms with van der Waals surface area (Å²) in [7, 11) is 0. The van der Waals surface area contributed by atoms with Gasteiger partial charge in [0.2, 0.25) is 5.69 Å². The molecule has 6 heteroatoms.